The molecule has 0 fully saturated rings. The minimum absolute atomic E-state index is 0.0467. The summed E-state index contributed by atoms with van der Waals surface area (Å²) >= 11 is 0. The number of aromatic amines is 1. The summed E-state index contributed by atoms with van der Waals surface area (Å²) in [4.78, 5) is 3.97. The van der Waals surface area contributed by atoms with E-state index in [9.17, 15) is 5.11 Å². The van der Waals surface area contributed by atoms with E-state index >= 15 is 0 Å². The van der Waals surface area contributed by atoms with Crippen molar-refractivity contribution in [1.29, 1.82) is 5.26 Å². The summed E-state index contributed by atoms with van der Waals surface area (Å²) in [7, 11) is 0. The molecule has 0 spiro atoms. The SMILES string of the molecule is N#CCC(O)c1cnc2n[nH]nc2c1. The van der Waals surface area contributed by atoms with Crippen molar-refractivity contribution in [3.05, 3.63) is 17.8 Å². The molecule has 0 bridgehead atoms. The van der Waals surface area contributed by atoms with E-state index < -0.39 is 6.10 Å². The first-order valence-electron chi connectivity index (χ1n) is 4.02. The lowest BCUT2D eigenvalue weighted by Gasteiger charge is -2.04. The van der Waals surface area contributed by atoms with Crippen LogP contribution in [-0.4, -0.2) is 25.5 Å². The Labute approximate surface area is 79.2 Å². The molecule has 2 aromatic heterocycles. The molecular formula is C8H7N5O. The lowest BCUT2D eigenvalue weighted by atomic mass is 10.1. The number of pyridine rings is 1. The summed E-state index contributed by atoms with van der Waals surface area (Å²) in [6, 6.07) is 3.55. The van der Waals surface area contributed by atoms with Crippen LogP contribution in [-0.2, 0) is 0 Å². The smallest absolute Gasteiger partial charge is 0.201 e. The van der Waals surface area contributed by atoms with E-state index in [1.54, 1.807) is 6.07 Å². The largest absolute Gasteiger partial charge is 0.387 e. The molecular weight excluding hydrogens is 182 g/mol. The topological polar surface area (TPSA) is 98.5 Å². The van der Waals surface area contributed by atoms with Gasteiger partial charge in [-0.15, -0.1) is 5.10 Å². The predicted molar refractivity (Wildman–Crippen MR) is 46.9 cm³/mol. The number of nitrogens with zero attached hydrogens (tertiary/aromatic N) is 4. The predicted octanol–water partition coefficient (Wildman–Crippen LogP) is 0.300. The third kappa shape index (κ3) is 1.41. The molecule has 0 aromatic carbocycles. The van der Waals surface area contributed by atoms with Gasteiger partial charge in [0.1, 0.15) is 5.52 Å². The highest BCUT2D eigenvalue weighted by atomic mass is 16.3. The first-order valence-corrected chi connectivity index (χ1v) is 4.02. The average Bonchev–Trinajstić information content (AvgIpc) is 2.64. The molecule has 70 valence electrons. The normalized spacial score (nSPS) is 12.6. The molecule has 14 heavy (non-hydrogen) atoms. The van der Waals surface area contributed by atoms with Crippen LogP contribution < -0.4 is 0 Å². The number of H-pyrrole nitrogens is 1. The van der Waals surface area contributed by atoms with Crippen molar-refractivity contribution in [1.82, 2.24) is 20.4 Å². The number of nitrogens with one attached hydrogen (secondary N) is 1. The van der Waals surface area contributed by atoms with Crippen molar-refractivity contribution in [3.63, 3.8) is 0 Å². The van der Waals surface area contributed by atoms with Crippen LogP contribution in [0.5, 0.6) is 0 Å². The van der Waals surface area contributed by atoms with Crippen molar-refractivity contribution in [2.45, 2.75) is 12.5 Å². The standard InChI is InChI=1S/C8H7N5O/c9-2-1-7(14)5-3-6-8(10-4-5)12-13-11-6/h3-4,7,14H,1H2,(H,10,11,12,13). The zero-order valence-corrected chi connectivity index (χ0v) is 7.18. The highest BCUT2D eigenvalue weighted by Gasteiger charge is 2.09. The number of fused-ring (bicyclic) bond motifs is 1. The Morgan fingerprint density at radius 3 is 3.21 bits per heavy atom. The summed E-state index contributed by atoms with van der Waals surface area (Å²) in [6.07, 6.45) is 0.728. The van der Waals surface area contributed by atoms with Crippen LogP contribution in [0.3, 0.4) is 0 Å². The van der Waals surface area contributed by atoms with Gasteiger partial charge in [0.25, 0.3) is 0 Å². The fourth-order valence-electron chi connectivity index (χ4n) is 1.14. The maximum atomic E-state index is 9.50. The van der Waals surface area contributed by atoms with Crippen molar-refractivity contribution >= 4 is 11.2 Å². The van der Waals surface area contributed by atoms with Gasteiger partial charge in [-0.2, -0.15) is 15.6 Å². The number of rotatable bonds is 2. The van der Waals surface area contributed by atoms with Gasteiger partial charge in [0, 0.05) is 11.8 Å². The molecule has 0 aliphatic rings. The zero-order valence-electron chi connectivity index (χ0n) is 7.18. The number of hydrogen-bond donors (Lipinski definition) is 2. The van der Waals surface area contributed by atoms with Crippen LogP contribution in [0.4, 0.5) is 0 Å². The van der Waals surface area contributed by atoms with Crippen LogP contribution in [0.25, 0.3) is 11.2 Å². The lowest BCUT2D eigenvalue weighted by molar-refractivity contribution is 0.183. The van der Waals surface area contributed by atoms with E-state index in [1.165, 1.54) is 6.20 Å². The monoisotopic (exact) mass is 189 g/mol. The maximum absolute atomic E-state index is 9.50. The Morgan fingerprint density at radius 1 is 1.57 bits per heavy atom. The number of hydrogen-bond acceptors (Lipinski definition) is 5. The van der Waals surface area contributed by atoms with Gasteiger partial charge in [-0.25, -0.2) is 4.98 Å². The zero-order chi connectivity index (χ0) is 9.97. The van der Waals surface area contributed by atoms with Crippen molar-refractivity contribution in [3.8, 4) is 6.07 Å². The molecule has 2 aromatic rings. The molecule has 2 heterocycles. The molecule has 6 nitrogen and oxygen atoms in total. The third-order valence-electron chi connectivity index (χ3n) is 1.86. The van der Waals surface area contributed by atoms with Gasteiger partial charge in [-0.3, -0.25) is 0 Å². The molecule has 6 heteroatoms. The van der Waals surface area contributed by atoms with Crippen molar-refractivity contribution in [2.24, 2.45) is 0 Å². The number of nitriles is 1. The van der Waals surface area contributed by atoms with Gasteiger partial charge in [0.2, 0.25) is 5.65 Å². The highest BCUT2D eigenvalue weighted by molar-refractivity contribution is 5.69. The van der Waals surface area contributed by atoms with E-state index in [4.69, 9.17) is 5.26 Å². The van der Waals surface area contributed by atoms with Crippen LogP contribution >= 0.6 is 0 Å². The maximum Gasteiger partial charge on any atom is 0.201 e. The Kier molecular flexibility index (Phi) is 2.08. The Hall–Kier alpha value is -2.00. The first kappa shape index (κ1) is 8.59. The summed E-state index contributed by atoms with van der Waals surface area (Å²) in [5, 5.41) is 27.9. The minimum atomic E-state index is -0.811. The average molecular weight is 189 g/mol. The Bertz CT molecular complexity index is 486. The second-order valence-corrected chi connectivity index (χ2v) is 2.81. The van der Waals surface area contributed by atoms with Crippen LogP contribution in [0.1, 0.15) is 18.1 Å². The van der Waals surface area contributed by atoms with E-state index in [-0.39, 0.29) is 6.42 Å². The molecule has 0 amide bonds. The molecule has 2 N–H and O–H groups in total. The summed E-state index contributed by atoms with van der Waals surface area (Å²) in [5.41, 5.74) is 1.66. The fourth-order valence-corrected chi connectivity index (χ4v) is 1.14. The second-order valence-electron chi connectivity index (χ2n) is 2.81. The van der Waals surface area contributed by atoms with Gasteiger partial charge in [0.05, 0.1) is 18.6 Å². The quantitative estimate of drug-likeness (QED) is 0.707. The van der Waals surface area contributed by atoms with Crippen LogP contribution in [0.2, 0.25) is 0 Å². The lowest BCUT2D eigenvalue weighted by Crippen LogP contribution is -1.96. The molecule has 0 aliphatic heterocycles. The van der Waals surface area contributed by atoms with E-state index in [0.29, 0.717) is 16.7 Å². The molecule has 2 rings (SSSR count). The molecule has 0 aliphatic carbocycles. The number of aromatic nitrogens is 4. The number of aliphatic hydroxyl groups excluding tert-OH is 1. The minimum Gasteiger partial charge on any atom is -0.387 e. The van der Waals surface area contributed by atoms with Gasteiger partial charge in [-0.1, -0.05) is 0 Å². The van der Waals surface area contributed by atoms with Crippen molar-refractivity contribution in [2.75, 3.05) is 0 Å². The third-order valence-corrected chi connectivity index (χ3v) is 1.86. The van der Waals surface area contributed by atoms with Gasteiger partial charge in [-0.05, 0) is 6.07 Å². The van der Waals surface area contributed by atoms with Gasteiger partial charge >= 0.3 is 0 Å². The van der Waals surface area contributed by atoms with Crippen LogP contribution in [0, 0.1) is 11.3 Å². The first-order chi connectivity index (χ1) is 6.81. The van der Waals surface area contributed by atoms with Gasteiger partial charge in [0.15, 0.2) is 0 Å². The molecule has 1 atom stereocenters. The van der Waals surface area contributed by atoms with Crippen LogP contribution in [0.15, 0.2) is 12.3 Å². The van der Waals surface area contributed by atoms with E-state index in [2.05, 4.69) is 20.4 Å². The fraction of sp³-hybridized carbons (Fsp3) is 0.250. The Balaban J connectivity index is 2.39. The van der Waals surface area contributed by atoms with E-state index in [1.807, 2.05) is 6.07 Å². The van der Waals surface area contributed by atoms with E-state index in [0.717, 1.165) is 0 Å². The molecule has 1 unspecified atom stereocenters. The second kappa shape index (κ2) is 3.40. The molecule has 0 saturated heterocycles. The number of aliphatic hydroxyl groups is 1. The highest BCUT2D eigenvalue weighted by Crippen LogP contribution is 2.17. The summed E-state index contributed by atoms with van der Waals surface area (Å²) < 4.78 is 0. The van der Waals surface area contributed by atoms with Gasteiger partial charge < -0.3 is 5.11 Å². The summed E-state index contributed by atoms with van der Waals surface area (Å²) in [5.74, 6) is 0. The molecule has 0 saturated carbocycles. The molecule has 0 radical (unpaired) electrons. The summed E-state index contributed by atoms with van der Waals surface area (Å²) in [6.45, 7) is 0. The van der Waals surface area contributed by atoms with Crippen molar-refractivity contribution < 1.29 is 5.11 Å². The Morgan fingerprint density at radius 2 is 2.43 bits per heavy atom.